The standard InChI is InChI=1S/C12H13F2NO4/c1-12(13,14)7-2-6(3-8(15)11(16)17)10-9(4-7)18-5-19-10/h2,4,8H,3,5,15H2,1H3,(H,16,17). The van der Waals surface area contributed by atoms with Gasteiger partial charge < -0.3 is 20.3 Å². The number of halogens is 2. The number of benzene rings is 1. The van der Waals surface area contributed by atoms with Gasteiger partial charge in [-0.15, -0.1) is 0 Å². The summed E-state index contributed by atoms with van der Waals surface area (Å²) in [5.41, 5.74) is 5.47. The van der Waals surface area contributed by atoms with Crippen molar-refractivity contribution in [2.24, 2.45) is 5.73 Å². The zero-order valence-corrected chi connectivity index (χ0v) is 10.2. The van der Waals surface area contributed by atoms with E-state index in [1.165, 1.54) is 12.1 Å². The molecule has 0 spiro atoms. The number of hydrogen-bond acceptors (Lipinski definition) is 4. The first-order valence-corrected chi connectivity index (χ1v) is 5.58. The normalized spacial score (nSPS) is 15.4. The smallest absolute Gasteiger partial charge is 0.320 e. The molecule has 1 aromatic carbocycles. The van der Waals surface area contributed by atoms with Crippen LogP contribution in [0, 0.1) is 0 Å². The molecule has 0 amide bonds. The SMILES string of the molecule is CC(F)(F)c1cc(CC(N)C(=O)O)c2c(c1)OCO2. The average molecular weight is 273 g/mol. The van der Waals surface area contributed by atoms with Gasteiger partial charge >= 0.3 is 5.97 Å². The number of alkyl halides is 2. The lowest BCUT2D eigenvalue weighted by Gasteiger charge is -2.15. The summed E-state index contributed by atoms with van der Waals surface area (Å²) in [4.78, 5) is 10.7. The second-order valence-electron chi connectivity index (χ2n) is 4.41. The molecule has 1 atom stereocenters. The highest BCUT2D eigenvalue weighted by atomic mass is 19.3. The second kappa shape index (κ2) is 4.65. The van der Waals surface area contributed by atoms with Crippen LogP contribution >= 0.6 is 0 Å². The molecule has 0 fully saturated rings. The maximum Gasteiger partial charge on any atom is 0.320 e. The molecule has 0 bridgehead atoms. The van der Waals surface area contributed by atoms with Crippen molar-refractivity contribution in [3.05, 3.63) is 23.3 Å². The van der Waals surface area contributed by atoms with Crippen LogP contribution in [0.1, 0.15) is 18.1 Å². The number of hydrogen-bond donors (Lipinski definition) is 2. The van der Waals surface area contributed by atoms with Gasteiger partial charge in [-0.3, -0.25) is 4.79 Å². The Bertz CT molecular complexity index is 513. The molecule has 5 nitrogen and oxygen atoms in total. The molecule has 1 heterocycles. The Morgan fingerprint density at radius 2 is 2.21 bits per heavy atom. The van der Waals surface area contributed by atoms with E-state index >= 15 is 0 Å². The van der Waals surface area contributed by atoms with Gasteiger partial charge in [0, 0.05) is 24.5 Å². The van der Waals surface area contributed by atoms with Crippen molar-refractivity contribution in [3.8, 4) is 11.5 Å². The lowest BCUT2D eigenvalue weighted by molar-refractivity contribution is -0.138. The summed E-state index contributed by atoms with van der Waals surface area (Å²) in [6, 6.07) is 1.21. The van der Waals surface area contributed by atoms with Gasteiger partial charge in [0.15, 0.2) is 11.5 Å². The second-order valence-corrected chi connectivity index (χ2v) is 4.41. The third-order valence-corrected chi connectivity index (χ3v) is 2.81. The van der Waals surface area contributed by atoms with Crippen LogP contribution in [-0.2, 0) is 17.1 Å². The Labute approximate surface area is 107 Å². The van der Waals surface area contributed by atoms with Crippen LogP contribution in [0.3, 0.4) is 0 Å². The van der Waals surface area contributed by atoms with Crippen molar-refractivity contribution >= 4 is 5.97 Å². The fourth-order valence-electron chi connectivity index (χ4n) is 1.81. The van der Waals surface area contributed by atoms with Gasteiger partial charge in [-0.05, 0) is 12.1 Å². The quantitative estimate of drug-likeness (QED) is 0.868. The number of carboxylic acid groups (broad SMARTS) is 1. The molecule has 2 rings (SSSR count). The minimum Gasteiger partial charge on any atom is -0.480 e. The molecular formula is C12H13F2NO4. The summed E-state index contributed by atoms with van der Waals surface area (Å²) >= 11 is 0. The molecule has 0 radical (unpaired) electrons. The van der Waals surface area contributed by atoms with Crippen molar-refractivity contribution in [3.63, 3.8) is 0 Å². The van der Waals surface area contributed by atoms with E-state index < -0.39 is 17.9 Å². The number of nitrogens with two attached hydrogens (primary N) is 1. The van der Waals surface area contributed by atoms with Gasteiger partial charge in [0.25, 0.3) is 5.92 Å². The molecule has 104 valence electrons. The van der Waals surface area contributed by atoms with Crippen LogP contribution in [0.25, 0.3) is 0 Å². The van der Waals surface area contributed by atoms with Crippen LogP contribution in [-0.4, -0.2) is 23.9 Å². The van der Waals surface area contributed by atoms with Crippen molar-refractivity contribution in [2.45, 2.75) is 25.3 Å². The summed E-state index contributed by atoms with van der Waals surface area (Å²) in [5, 5.41) is 8.78. The first kappa shape index (κ1) is 13.5. The average Bonchev–Trinajstić information content (AvgIpc) is 2.75. The Balaban J connectivity index is 2.41. The summed E-state index contributed by atoms with van der Waals surface area (Å²) in [5.74, 6) is -3.79. The van der Waals surface area contributed by atoms with E-state index in [2.05, 4.69) is 0 Å². The Kier molecular flexibility index (Phi) is 3.32. The van der Waals surface area contributed by atoms with Gasteiger partial charge in [-0.2, -0.15) is 0 Å². The highest BCUT2D eigenvalue weighted by molar-refractivity contribution is 5.74. The van der Waals surface area contributed by atoms with E-state index in [0.29, 0.717) is 5.56 Å². The minimum absolute atomic E-state index is 0.0800. The molecule has 1 unspecified atom stereocenters. The van der Waals surface area contributed by atoms with E-state index in [1.807, 2.05) is 0 Å². The van der Waals surface area contributed by atoms with Gasteiger partial charge in [-0.1, -0.05) is 0 Å². The van der Waals surface area contributed by atoms with Crippen LogP contribution in [0.4, 0.5) is 8.78 Å². The number of aliphatic carboxylic acids is 1. The predicted molar refractivity (Wildman–Crippen MR) is 61.4 cm³/mol. The first-order valence-electron chi connectivity index (χ1n) is 5.58. The minimum atomic E-state index is -3.05. The van der Waals surface area contributed by atoms with E-state index in [4.69, 9.17) is 20.3 Å². The van der Waals surface area contributed by atoms with Crippen molar-refractivity contribution in [1.82, 2.24) is 0 Å². The van der Waals surface area contributed by atoms with Gasteiger partial charge in [0.1, 0.15) is 6.04 Å². The lowest BCUT2D eigenvalue weighted by atomic mass is 9.99. The highest BCUT2D eigenvalue weighted by Gasteiger charge is 2.30. The topological polar surface area (TPSA) is 81.8 Å². The predicted octanol–water partition coefficient (Wildman–Crippen LogP) is 1.48. The number of rotatable bonds is 4. The number of carboxylic acids is 1. The Hall–Kier alpha value is -1.89. The molecule has 3 N–H and O–H groups in total. The number of ether oxygens (including phenoxy) is 2. The van der Waals surface area contributed by atoms with E-state index in [1.54, 1.807) is 0 Å². The van der Waals surface area contributed by atoms with Crippen molar-refractivity contribution in [2.75, 3.05) is 6.79 Å². The maximum absolute atomic E-state index is 13.4. The van der Waals surface area contributed by atoms with E-state index in [-0.39, 0.29) is 30.3 Å². The molecule has 0 aliphatic carbocycles. The fraction of sp³-hybridized carbons (Fsp3) is 0.417. The number of carbonyl (C=O) groups is 1. The Morgan fingerprint density at radius 1 is 1.53 bits per heavy atom. The third kappa shape index (κ3) is 2.76. The molecule has 19 heavy (non-hydrogen) atoms. The van der Waals surface area contributed by atoms with Gasteiger partial charge in [0.05, 0.1) is 0 Å². The molecule has 0 saturated carbocycles. The number of fused-ring (bicyclic) bond motifs is 1. The molecule has 0 aromatic heterocycles. The maximum atomic E-state index is 13.4. The summed E-state index contributed by atoms with van der Waals surface area (Å²) in [6.45, 7) is 0.675. The lowest BCUT2D eigenvalue weighted by Crippen LogP contribution is -2.32. The summed E-state index contributed by atoms with van der Waals surface area (Å²) in [7, 11) is 0. The third-order valence-electron chi connectivity index (χ3n) is 2.81. The summed E-state index contributed by atoms with van der Waals surface area (Å²) < 4.78 is 36.9. The van der Waals surface area contributed by atoms with Crippen LogP contribution in [0.2, 0.25) is 0 Å². The van der Waals surface area contributed by atoms with Crippen LogP contribution in [0.15, 0.2) is 12.1 Å². The largest absolute Gasteiger partial charge is 0.480 e. The summed E-state index contributed by atoms with van der Waals surface area (Å²) in [6.07, 6.45) is -0.106. The molecular weight excluding hydrogens is 260 g/mol. The fourth-order valence-corrected chi connectivity index (χ4v) is 1.81. The molecule has 0 saturated heterocycles. The van der Waals surface area contributed by atoms with Crippen molar-refractivity contribution in [1.29, 1.82) is 0 Å². The zero-order chi connectivity index (χ0) is 14.2. The van der Waals surface area contributed by atoms with E-state index in [0.717, 1.165) is 6.92 Å². The van der Waals surface area contributed by atoms with Crippen LogP contribution in [0.5, 0.6) is 11.5 Å². The highest BCUT2D eigenvalue weighted by Crippen LogP contribution is 2.41. The van der Waals surface area contributed by atoms with Gasteiger partial charge in [0.2, 0.25) is 6.79 Å². The molecule has 1 aliphatic heterocycles. The molecule has 1 aliphatic rings. The van der Waals surface area contributed by atoms with Crippen LogP contribution < -0.4 is 15.2 Å². The first-order chi connectivity index (χ1) is 8.79. The van der Waals surface area contributed by atoms with Gasteiger partial charge in [-0.25, -0.2) is 8.78 Å². The zero-order valence-electron chi connectivity index (χ0n) is 10.2. The molecule has 1 aromatic rings. The monoisotopic (exact) mass is 273 g/mol. The Morgan fingerprint density at radius 3 is 2.79 bits per heavy atom. The van der Waals surface area contributed by atoms with E-state index in [9.17, 15) is 13.6 Å². The molecule has 7 heteroatoms. The van der Waals surface area contributed by atoms with Crippen molar-refractivity contribution < 1.29 is 28.2 Å².